The summed E-state index contributed by atoms with van der Waals surface area (Å²) in [5.74, 6) is -0.304. The molecular weight excluding hydrogens is 254 g/mol. The maximum atomic E-state index is 11.7. The zero-order valence-electron chi connectivity index (χ0n) is 11.6. The van der Waals surface area contributed by atoms with Crippen LogP contribution < -0.4 is 0 Å². The van der Waals surface area contributed by atoms with Gasteiger partial charge in [0.15, 0.2) is 11.5 Å². The highest BCUT2D eigenvalue weighted by Crippen LogP contribution is 2.37. The summed E-state index contributed by atoms with van der Waals surface area (Å²) < 4.78 is 5.52. The average molecular weight is 273 g/mol. The van der Waals surface area contributed by atoms with Crippen LogP contribution in [0, 0.1) is 12.8 Å². The van der Waals surface area contributed by atoms with E-state index < -0.39 is 11.9 Å². The molecule has 2 aromatic rings. The van der Waals surface area contributed by atoms with Gasteiger partial charge < -0.3 is 9.52 Å². The highest BCUT2D eigenvalue weighted by atomic mass is 16.4. The molecule has 0 bridgehead atoms. The van der Waals surface area contributed by atoms with Gasteiger partial charge in [0.05, 0.1) is 5.92 Å². The fourth-order valence-electron chi connectivity index (χ4n) is 3.33. The van der Waals surface area contributed by atoms with Gasteiger partial charge in [0, 0.05) is 6.92 Å². The van der Waals surface area contributed by atoms with Gasteiger partial charge in [-0.15, -0.1) is 0 Å². The molecule has 1 fully saturated rings. The van der Waals surface area contributed by atoms with Crippen molar-refractivity contribution in [1.82, 2.24) is 4.98 Å². The van der Waals surface area contributed by atoms with Crippen molar-refractivity contribution in [1.29, 1.82) is 0 Å². The number of benzene rings is 1. The first-order chi connectivity index (χ1) is 9.65. The van der Waals surface area contributed by atoms with Crippen LogP contribution in [0.3, 0.4) is 0 Å². The zero-order chi connectivity index (χ0) is 14.1. The van der Waals surface area contributed by atoms with Gasteiger partial charge >= 0.3 is 5.97 Å². The van der Waals surface area contributed by atoms with E-state index in [0.29, 0.717) is 11.5 Å². The van der Waals surface area contributed by atoms with Crippen LogP contribution in [-0.4, -0.2) is 16.1 Å². The molecule has 20 heavy (non-hydrogen) atoms. The van der Waals surface area contributed by atoms with E-state index in [1.54, 1.807) is 6.92 Å². The Morgan fingerprint density at radius 3 is 2.80 bits per heavy atom. The highest BCUT2D eigenvalue weighted by Gasteiger charge is 2.31. The van der Waals surface area contributed by atoms with Crippen LogP contribution in [0.1, 0.15) is 49.5 Å². The number of hydrogen-bond donors (Lipinski definition) is 1. The molecule has 3 rings (SSSR count). The molecule has 0 radical (unpaired) electrons. The van der Waals surface area contributed by atoms with Crippen molar-refractivity contribution in [3.05, 3.63) is 29.7 Å². The van der Waals surface area contributed by atoms with Crippen molar-refractivity contribution in [3.63, 3.8) is 0 Å². The number of carbonyl (C=O) groups is 1. The van der Waals surface area contributed by atoms with Crippen molar-refractivity contribution in [2.75, 3.05) is 0 Å². The van der Waals surface area contributed by atoms with E-state index in [1.165, 1.54) is 6.42 Å². The molecule has 0 spiro atoms. The molecule has 1 N–H and O–H groups in total. The summed E-state index contributed by atoms with van der Waals surface area (Å²) in [7, 11) is 0. The summed E-state index contributed by atoms with van der Waals surface area (Å²) in [4.78, 5) is 16.0. The minimum absolute atomic E-state index is 0.239. The third kappa shape index (κ3) is 2.42. The van der Waals surface area contributed by atoms with Crippen molar-refractivity contribution < 1.29 is 14.3 Å². The molecule has 4 nitrogen and oxygen atoms in total. The largest absolute Gasteiger partial charge is 0.481 e. The van der Waals surface area contributed by atoms with Gasteiger partial charge in [-0.2, -0.15) is 0 Å². The van der Waals surface area contributed by atoms with Crippen LogP contribution in [0.5, 0.6) is 0 Å². The smallest absolute Gasteiger partial charge is 0.311 e. The Balaban J connectivity index is 1.97. The Labute approximate surface area is 117 Å². The van der Waals surface area contributed by atoms with Crippen molar-refractivity contribution in [2.24, 2.45) is 5.92 Å². The van der Waals surface area contributed by atoms with Crippen LogP contribution in [0.15, 0.2) is 22.6 Å². The van der Waals surface area contributed by atoms with Crippen LogP contribution in [0.2, 0.25) is 0 Å². The van der Waals surface area contributed by atoms with Crippen LogP contribution in [0.25, 0.3) is 11.1 Å². The SMILES string of the molecule is Cc1nc2ccc(C(C(=O)O)C3CCCCC3)cc2o1. The number of hydrogen-bond acceptors (Lipinski definition) is 3. The van der Waals surface area contributed by atoms with Gasteiger partial charge in [0.25, 0.3) is 0 Å². The van der Waals surface area contributed by atoms with Gasteiger partial charge in [-0.1, -0.05) is 25.3 Å². The van der Waals surface area contributed by atoms with E-state index in [1.807, 2.05) is 18.2 Å². The summed E-state index contributed by atoms with van der Waals surface area (Å²) in [6.07, 6.45) is 5.51. The molecule has 1 aromatic heterocycles. The molecule has 1 aliphatic carbocycles. The monoisotopic (exact) mass is 273 g/mol. The minimum Gasteiger partial charge on any atom is -0.481 e. The molecule has 1 aromatic carbocycles. The number of rotatable bonds is 3. The lowest BCUT2D eigenvalue weighted by Crippen LogP contribution is -2.23. The first kappa shape index (κ1) is 13.2. The molecule has 1 unspecified atom stereocenters. The number of nitrogens with zero attached hydrogens (tertiary/aromatic N) is 1. The maximum absolute atomic E-state index is 11.7. The fourth-order valence-corrected chi connectivity index (χ4v) is 3.33. The Morgan fingerprint density at radius 1 is 1.35 bits per heavy atom. The lowest BCUT2D eigenvalue weighted by Gasteiger charge is -2.27. The first-order valence-electron chi connectivity index (χ1n) is 7.25. The molecule has 0 amide bonds. The third-order valence-electron chi connectivity index (χ3n) is 4.27. The second kappa shape index (κ2) is 5.27. The lowest BCUT2D eigenvalue weighted by atomic mass is 9.77. The predicted octanol–water partition coefficient (Wildman–Crippen LogP) is 3.88. The van der Waals surface area contributed by atoms with Crippen LogP contribution in [-0.2, 0) is 4.79 Å². The predicted molar refractivity (Wildman–Crippen MR) is 75.7 cm³/mol. The van der Waals surface area contributed by atoms with Gasteiger partial charge in [0.1, 0.15) is 5.52 Å². The minimum atomic E-state index is -0.729. The number of carboxylic acids is 1. The van der Waals surface area contributed by atoms with Crippen molar-refractivity contribution in [3.8, 4) is 0 Å². The highest BCUT2D eigenvalue weighted by molar-refractivity contribution is 5.80. The summed E-state index contributed by atoms with van der Waals surface area (Å²) in [5, 5.41) is 9.61. The van der Waals surface area contributed by atoms with E-state index in [0.717, 1.165) is 36.8 Å². The maximum Gasteiger partial charge on any atom is 0.311 e. The quantitative estimate of drug-likeness (QED) is 0.921. The normalized spacial score (nSPS) is 18.2. The molecule has 0 saturated heterocycles. The second-order valence-corrected chi connectivity index (χ2v) is 5.67. The number of aliphatic carboxylic acids is 1. The topological polar surface area (TPSA) is 63.3 Å². The summed E-state index contributed by atoms with van der Waals surface area (Å²) in [6, 6.07) is 5.60. The molecule has 1 aliphatic rings. The molecule has 4 heteroatoms. The summed E-state index contributed by atoms with van der Waals surface area (Å²) >= 11 is 0. The number of aryl methyl sites for hydroxylation is 1. The zero-order valence-corrected chi connectivity index (χ0v) is 11.6. The van der Waals surface area contributed by atoms with Gasteiger partial charge in [-0.3, -0.25) is 4.79 Å². The van der Waals surface area contributed by atoms with Crippen LogP contribution in [0.4, 0.5) is 0 Å². The molecule has 1 atom stereocenters. The first-order valence-corrected chi connectivity index (χ1v) is 7.25. The summed E-state index contributed by atoms with van der Waals surface area (Å²) in [5.41, 5.74) is 2.31. The van der Waals surface area contributed by atoms with Gasteiger partial charge in [0.2, 0.25) is 0 Å². The fraction of sp³-hybridized carbons (Fsp3) is 0.500. The molecular formula is C16H19NO3. The Hall–Kier alpha value is -1.84. The lowest BCUT2D eigenvalue weighted by molar-refractivity contribution is -0.140. The van der Waals surface area contributed by atoms with Crippen LogP contribution >= 0.6 is 0 Å². The molecule has 1 saturated carbocycles. The number of carboxylic acid groups (broad SMARTS) is 1. The number of fused-ring (bicyclic) bond motifs is 1. The van der Waals surface area contributed by atoms with Crippen molar-refractivity contribution in [2.45, 2.75) is 44.9 Å². The average Bonchev–Trinajstić information content (AvgIpc) is 2.79. The van der Waals surface area contributed by atoms with Gasteiger partial charge in [-0.05, 0) is 36.5 Å². The van der Waals surface area contributed by atoms with Crippen molar-refractivity contribution >= 4 is 17.1 Å². The molecule has 1 heterocycles. The summed E-state index contributed by atoms with van der Waals surface area (Å²) in [6.45, 7) is 1.80. The van der Waals surface area contributed by atoms with E-state index in [-0.39, 0.29) is 5.92 Å². The number of oxazole rings is 1. The Bertz CT molecular complexity index is 626. The Kier molecular flexibility index (Phi) is 3.47. The van der Waals surface area contributed by atoms with E-state index in [2.05, 4.69) is 4.98 Å². The van der Waals surface area contributed by atoms with Gasteiger partial charge in [-0.25, -0.2) is 4.98 Å². The molecule has 106 valence electrons. The Morgan fingerprint density at radius 2 is 2.10 bits per heavy atom. The second-order valence-electron chi connectivity index (χ2n) is 5.67. The van der Waals surface area contributed by atoms with E-state index in [9.17, 15) is 9.90 Å². The third-order valence-corrected chi connectivity index (χ3v) is 4.27. The molecule has 0 aliphatic heterocycles. The standard InChI is InChI=1S/C16H19NO3/c1-10-17-13-8-7-12(9-14(13)20-10)15(16(18)19)11-5-3-2-4-6-11/h7-9,11,15H,2-6H2,1H3,(H,18,19). The number of aromatic nitrogens is 1. The van der Waals surface area contributed by atoms with E-state index in [4.69, 9.17) is 4.42 Å². The van der Waals surface area contributed by atoms with E-state index >= 15 is 0 Å².